The van der Waals surface area contributed by atoms with Crippen molar-refractivity contribution in [3.8, 4) is 0 Å². The molecule has 0 amide bonds. The Bertz CT molecular complexity index is 479. The Morgan fingerprint density at radius 1 is 1.28 bits per heavy atom. The molecule has 0 bridgehead atoms. The van der Waals surface area contributed by atoms with Gasteiger partial charge in [0.15, 0.2) is 5.88 Å². The van der Waals surface area contributed by atoms with Gasteiger partial charge < -0.3 is 14.5 Å². The zero-order valence-corrected chi connectivity index (χ0v) is 10.1. The van der Waals surface area contributed by atoms with Crippen LogP contribution < -0.4 is 5.32 Å². The lowest BCUT2D eigenvalue weighted by molar-refractivity contribution is -0.141. The van der Waals surface area contributed by atoms with Crippen molar-refractivity contribution in [3.63, 3.8) is 0 Å². The quantitative estimate of drug-likeness (QED) is 0.822. The molecule has 0 aliphatic carbocycles. The second kappa shape index (κ2) is 5.91. The Labute approximate surface area is 106 Å². The SMILES string of the molecule is COC(=O)[C@H](Cc1ccccc1)Nc1ccco1. The first kappa shape index (κ1) is 12.2. The Morgan fingerprint density at radius 2 is 2.06 bits per heavy atom. The Hall–Kier alpha value is -2.23. The molecule has 0 spiro atoms. The molecule has 0 saturated heterocycles. The summed E-state index contributed by atoms with van der Waals surface area (Å²) in [5.41, 5.74) is 1.06. The van der Waals surface area contributed by atoms with Crippen molar-refractivity contribution >= 4 is 11.9 Å². The van der Waals surface area contributed by atoms with Crippen LogP contribution in [0.4, 0.5) is 5.88 Å². The van der Waals surface area contributed by atoms with Crippen LogP contribution in [0.2, 0.25) is 0 Å². The fourth-order valence-electron chi connectivity index (χ4n) is 1.72. The van der Waals surface area contributed by atoms with Gasteiger partial charge in [-0.2, -0.15) is 0 Å². The van der Waals surface area contributed by atoms with Crippen LogP contribution in [0.5, 0.6) is 0 Å². The molecule has 0 unspecified atom stereocenters. The smallest absolute Gasteiger partial charge is 0.328 e. The van der Waals surface area contributed by atoms with Gasteiger partial charge in [0.05, 0.1) is 13.4 Å². The van der Waals surface area contributed by atoms with E-state index in [-0.39, 0.29) is 5.97 Å². The van der Waals surface area contributed by atoms with Crippen molar-refractivity contribution in [2.45, 2.75) is 12.5 Å². The van der Waals surface area contributed by atoms with Gasteiger partial charge in [-0.25, -0.2) is 4.79 Å². The fourth-order valence-corrected chi connectivity index (χ4v) is 1.72. The van der Waals surface area contributed by atoms with E-state index >= 15 is 0 Å². The number of hydrogen-bond donors (Lipinski definition) is 1. The topological polar surface area (TPSA) is 51.5 Å². The maximum Gasteiger partial charge on any atom is 0.328 e. The summed E-state index contributed by atoms with van der Waals surface area (Å²) in [5.74, 6) is 0.247. The summed E-state index contributed by atoms with van der Waals surface area (Å²) in [6.07, 6.45) is 2.10. The predicted molar refractivity (Wildman–Crippen MR) is 68.3 cm³/mol. The van der Waals surface area contributed by atoms with Crippen LogP contribution >= 0.6 is 0 Å². The van der Waals surface area contributed by atoms with Crippen LogP contribution in [-0.2, 0) is 16.0 Å². The molecule has 18 heavy (non-hydrogen) atoms. The minimum absolute atomic E-state index is 0.310. The average Bonchev–Trinajstić information content (AvgIpc) is 2.91. The normalized spacial score (nSPS) is 11.8. The van der Waals surface area contributed by atoms with Crippen LogP contribution in [0.25, 0.3) is 0 Å². The number of ether oxygens (including phenoxy) is 1. The van der Waals surface area contributed by atoms with Gasteiger partial charge >= 0.3 is 5.97 Å². The molecule has 2 aromatic rings. The van der Waals surface area contributed by atoms with Crippen molar-refractivity contribution in [1.82, 2.24) is 0 Å². The molecule has 1 N–H and O–H groups in total. The van der Waals surface area contributed by atoms with Crippen molar-refractivity contribution < 1.29 is 13.9 Å². The number of furan rings is 1. The van der Waals surface area contributed by atoms with E-state index in [1.807, 2.05) is 30.3 Å². The molecule has 0 saturated carbocycles. The number of carbonyl (C=O) groups excluding carboxylic acids is 1. The maximum absolute atomic E-state index is 11.7. The van der Waals surface area contributed by atoms with E-state index in [1.54, 1.807) is 18.4 Å². The molecular weight excluding hydrogens is 230 g/mol. The first-order valence-corrected chi connectivity index (χ1v) is 5.71. The number of anilines is 1. The molecular formula is C14H15NO3. The third kappa shape index (κ3) is 3.13. The Balaban J connectivity index is 2.08. The molecule has 0 fully saturated rings. The highest BCUT2D eigenvalue weighted by molar-refractivity contribution is 5.79. The lowest BCUT2D eigenvalue weighted by Gasteiger charge is -2.15. The van der Waals surface area contributed by atoms with Crippen LogP contribution in [0.1, 0.15) is 5.56 Å². The van der Waals surface area contributed by atoms with E-state index in [9.17, 15) is 4.79 Å². The van der Waals surface area contributed by atoms with Gasteiger partial charge in [-0.1, -0.05) is 30.3 Å². The molecule has 2 rings (SSSR count). The Morgan fingerprint density at radius 3 is 2.67 bits per heavy atom. The third-order valence-corrected chi connectivity index (χ3v) is 2.61. The largest absolute Gasteiger partial charge is 0.467 e. The van der Waals surface area contributed by atoms with Crippen LogP contribution in [-0.4, -0.2) is 19.1 Å². The molecule has 1 heterocycles. The number of hydrogen-bond acceptors (Lipinski definition) is 4. The third-order valence-electron chi connectivity index (χ3n) is 2.61. The van der Waals surface area contributed by atoms with Gasteiger partial charge in [0.1, 0.15) is 6.04 Å². The number of esters is 1. The summed E-state index contributed by atoms with van der Waals surface area (Å²) in [5, 5.41) is 3.02. The zero-order valence-electron chi connectivity index (χ0n) is 10.1. The Kier molecular flexibility index (Phi) is 4.02. The van der Waals surface area contributed by atoms with Crippen molar-refractivity contribution in [2.24, 2.45) is 0 Å². The molecule has 0 radical (unpaired) electrons. The highest BCUT2D eigenvalue weighted by Gasteiger charge is 2.20. The number of benzene rings is 1. The van der Waals surface area contributed by atoms with Crippen LogP contribution in [0.3, 0.4) is 0 Å². The first-order valence-electron chi connectivity index (χ1n) is 5.71. The molecule has 1 aromatic carbocycles. The van der Waals surface area contributed by atoms with Crippen LogP contribution in [0.15, 0.2) is 53.1 Å². The van der Waals surface area contributed by atoms with Crippen molar-refractivity contribution in [3.05, 3.63) is 54.3 Å². The fraction of sp³-hybridized carbons (Fsp3) is 0.214. The first-order chi connectivity index (χ1) is 8.79. The summed E-state index contributed by atoms with van der Waals surface area (Å²) < 4.78 is 9.97. The minimum Gasteiger partial charge on any atom is -0.467 e. The van der Waals surface area contributed by atoms with E-state index in [4.69, 9.17) is 9.15 Å². The standard InChI is InChI=1S/C14H15NO3/c1-17-14(16)12(15-13-8-5-9-18-13)10-11-6-3-2-4-7-11/h2-9,12,15H,10H2,1H3/t12-/m0/s1. The number of nitrogens with one attached hydrogen (secondary N) is 1. The monoisotopic (exact) mass is 245 g/mol. The van der Waals surface area contributed by atoms with E-state index in [1.165, 1.54) is 7.11 Å². The van der Waals surface area contributed by atoms with Gasteiger partial charge in [0.2, 0.25) is 0 Å². The molecule has 1 atom stereocenters. The highest BCUT2D eigenvalue weighted by Crippen LogP contribution is 2.12. The number of methoxy groups -OCH3 is 1. The number of rotatable bonds is 5. The summed E-state index contributed by atoms with van der Waals surface area (Å²) in [6.45, 7) is 0. The second-order valence-corrected chi connectivity index (χ2v) is 3.89. The average molecular weight is 245 g/mol. The van der Waals surface area contributed by atoms with Gasteiger partial charge in [-0.05, 0) is 11.6 Å². The summed E-state index contributed by atoms with van der Waals surface area (Å²) in [4.78, 5) is 11.7. The van der Waals surface area contributed by atoms with Gasteiger partial charge in [-0.3, -0.25) is 0 Å². The van der Waals surface area contributed by atoms with Gasteiger partial charge in [0, 0.05) is 12.5 Å². The lowest BCUT2D eigenvalue weighted by Crippen LogP contribution is -2.32. The summed E-state index contributed by atoms with van der Waals surface area (Å²) in [6, 6.07) is 12.8. The second-order valence-electron chi connectivity index (χ2n) is 3.89. The lowest BCUT2D eigenvalue weighted by atomic mass is 10.1. The summed E-state index contributed by atoms with van der Waals surface area (Å²) in [7, 11) is 1.38. The molecule has 0 aliphatic rings. The molecule has 94 valence electrons. The van der Waals surface area contributed by atoms with E-state index in [0.29, 0.717) is 12.3 Å². The highest BCUT2D eigenvalue weighted by atomic mass is 16.5. The molecule has 0 aliphatic heterocycles. The molecule has 4 heteroatoms. The zero-order chi connectivity index (χ0) is 12.8. The van der Waals surface area contributed by atoms with Gasteiger partial charge in [0.25, 0.3) is 0 Å². The van der Waals surface area contributed by atoms with E-state index in [2.05, 4.69) is 5.32 Å². The molecule has 4 nitrogen and oxygen atoms in total. The van der Waals surface area contributed by atoms with Crippen LogP contribution in [0, 0.1) is 0 Å². The van der Waals surface area contributed by atoms with E-state index in [0.717, 1.165) is 5.56 Å². The van der Waals surface area contributed by atoms with Gasteiger partial charge in [-0.15, -0.1) is 0 Å². The number of carbonyl (C=O) groups is 1. The van der Waals surface area contributed by atoms with Crippen molar-refractivity contribution in [1.29, 1.82) is 0 Å². The summed E-state index contributed by atoms with van der Waals surface area (Å²) >= 11 is 0. The van der Waals surface area contributed by atoms with Crippen molar-refractivity contribution in [2.75, 3.05) is 12.4 Å². The predicted octanol–water partition coefficient (Wildman–Crippen LogP) is 2.48. The maximum atomic E-state index is 11.7. The van der Waals surface area contributed by atoms with E-state index < -0.39 is 6.04 Å². The minimum atomic E-state index is -0.455. The molecule has 1 aromatic heterocycles.